The first kappa shape index (κ1) is 42.0. The molecule has 55 heavy (non-hydrogen) atoms. The molecule has 1 saturated heterocycles. The molecule has 0 aliphatic carbocycles. The molecule has 1 fully saturated rings. The maximum Gasteiger partial charge on any atom is 0.246 e. The molecule has 3 aromatic carbocycles. The molecular weight excluding hydrogens is 702 g/mol. The Hall–Kier alpha value is -5.70. The third-order valence-electron chi connectivity index (χ3n) is 9.60. The molecule has 0 unspecified atom stereocenters. The second-order valence-corrected chi connectivity index (χ2v) is 13.9. The Morgan fingerprint density at radius 3 is 2.18 bits per heavy atom. The van der Waals surface area contributed by atoms with Crippen LogP contribution in [0, 0.1) is 0 Å². The van der Waals surface area contributed by atoms with Gasteiger partial charge in [-0.1, -0.05) is 67.4 Å². The molecule has 3 aromatic rings. The molecule has 0 saturated carbocycles. The van der Waals surface area contributed by atoms with Crippen LogP contribution in [0.15, 0.2) is 71.7 Å². The second kappa shape index (κ2) is 21.3. The summed E-state index contributed by atoms with van der Waals surface area (Å²) in [5.41, 5.74) is 12.4. The molecule has 5 amide bonds. The highest BCUT2D eigenvalue weighted by atomic mass is 16.3. The van der Waals surface area contributed by atoms with Crippen molar-refractivity contribution in [3.8, 4) is 5.75 Å². The predicted octanol–water partition coefficient (Wildman–Crippen LogP) is 0.965. The van der Waals surface area contributed by atoms with Crippen LogP contribution in [0.5, 0.6) is 5.75 Å². The van der Waals surface area contributed by atoms with Gasteiger partial charge in [0, 0.05) is 25.9 Å². The van der Waals surface area contributed by atoms with Gasteiger partial charge in [0.15, 0.2) is 5.96 Å². The van der Waals surface area contributed by atoms with Gasteiger partial charge in [-0.15, -0.1) is 0 Å². The number of guanidine groups is 1. The molecule has 15 nitrogen and oxygen atoms in total. The Morgan fingerprint density at radius 1 is 0.782 bits per heavy atom. The zero-order valence-corrected chi connectivity index (χ0v) is 31.7. The summed E-state index contributed by atoms with van der Waals surface area (Å²) in [4.78, 5) is 75.1. The minimum atomic E-state index is -1.12. The lowest BCUT2D eigenvalue weighted by Crippen LogP contribution is -2.58. The fourth-order valence-corrected chi connectivity index (χ4v) is 6.53. The van der Waals surface area contributed by atoms with Crippen molar-refractivity contribution in [3.63, 3.8) is 0 Å². The van der Waals surface area contributed by atoms with Crippen LogP contribution in [-0.2, 0) is 36.8 Å². The molecule has 1 aliphatic heterocycles. The first-order chi connectivity index (χ1) is 26.4. The van der Waals surface area contributed by atoms with E-state index in [0.717, 1.165) is 42.1 Å². The van der Waals surface area contributed by atoms with E-state index in [9.17, 15) is 29.1 Å². The zero-order chi connectivity index (χ0) is 39.7. The van der Waals surface area contributed by atoms with Crippen molar-refractivity contribution in [2.45, 2.75) is 82.5 Å². The number of unbranched alkanes of at least 4 members (excludes halogenated alkanes) is 3. The lowest BCUT2D eigenvalue weighted by Gasteiger charge is -2.33. The van der Waals surface area contributed by atoms with E-state index >= 15 is 0 Å². The number of fused-ring (bicyclic) bond motifs is 1. The van der Waals surface area contributed by atoms with Crippen LogP contribution in [0.2, 0.25) is 0 Å². The van der Waals surface area contributed by atoms with Gasteiger partial charge in [-0.05, 0) is 80.2 Å². The zero-order valence-electron chi connectivity index (χ0n) is 31.7. The first-order valence-corrected chi connectivity index (χ1v) is 18.9. The number of rotatable bonds is 15. The summed E-state index contributed by atoms with van der Waals surface area (Å²) in [6, 6.07) is 15.4. The molecule has 10 N–H and O–H groups in total. The Morgan fingerprint density at radius 2 is 1.45 bits per heavy atom. The van der Waals surface area contributed by atoms with E-state index < -0.39 is 60.2 Å². The molecule has 0 radical (unpaired) electrons. The third kappa shape index (κ3) is 13.3. The van der Waals surface area contributed by atoms with Crippen molar-refractivity contribution in [3.05, 3.63) is 77.9 Å². The standard InChI is InChI=1S/C40H55N9O6/c1-26-36(52)47-32(12-9-20-44-40(41)42)38(54)48-33(24-28-13-16-29-10-5-6-11-30(29)22-28)37(53)45-25-35(51)46-34(23-27-14-17-31(50)18-15-27)39(55)49(26)21-8-4-3-7-19-43-2/h5-6,10-11,13-18,22,26,32-34,43,50H,3-4,7-9,12,19-21,23-25H2,1-2H3,(H,45,53)(H,46,51)(H,47,52)(H,48,54)(H4,41,42,44)/t26-,32-,33-,34+/m0/s1. The van der Waals surface area contributed by atoms with Crippen LogP contribution >= 0.6 is 0 Å². The molecule has 4 rings (SSSR count). The van der Waals surface area contributed by atoms with E-state index in [-0.39, 0.29) is 44.1 Å². The van der Waals surface area contributed by atoms with E-state index in [1.165, 1.54) is 17.0 Å². The first-order valence-electron chi connectivity index (χ1n) is 18.9. The largest absolute Gasteiger partial charge is 0.508 e. The van der Waals surface area contributed by atoms with Gasteiger partial charge in [0.2, 0.25) is 29.5 Å². The van der Waals surface area contributed by atoms with Gasteiger partial charge in [0.1, 0.15) is 29.9 Å². The lowest BCUT2D eigenvalue weighted by molar-refractivity contribution is -0.143. The van der Waals surface area contributed by atoms with Crippen molar-refractivity contribution in [1.82, 2.24) is 31.5 Å². The summed E-state index contributed by atoms with van der Waals surface area (Å²) >= 11 is 0. The lowest BCUT2D eigenvalue weighted by atomic mass is 10.0. The number of hydrogen-bond acceptors (Lipinski definition) is 8. The number of aromatic hydroxyl groups is 1. The Kier molecular flexibility index (Phi) is 16.3. The van der Waals surface area contributed by atoms with E-state index in [1.807, 2.05) is 49.5 Å². The van der Waals surface area contributed by atoms with E-state index in [4.69, 9.17) is 11.5 Å². The molecular formula is C40H55N9O6. The monoisotopic (exact) mass is 757 g/mol. The Bertz CT molecular complexity index is 1800. The summed E-state index contributed by atoms with van der Waals surface area (Å²) in [7, 11) is 1.88. The Labute approximate surface area is 322 Å². The molecule has 0 bridgehead atoms. The normalized spacial score (nSPS) is 20.1. The quantitative estimate of drug-likeness (QED) is 0.0626. The van der Waals surface area contributed by atoms with Gasteiger partial charge < -0.3 is 48.1 Å². The fraction of sp³-hybridized carbons (Fsp3) is 0.450. The summed E-state index contributed by atoms with van der Waals surface area (Å²) < 4.78 is 0. The summed E-state index contributed by atoms with van der Waals surface area (Å²) in [6.45, 7) is 2.40. The van der Waals surface area contributed by atoms with Crippen LogP contribution in [0.3, 0.4) is 0 Å². The van der Waals surface area contributed by atoms with Crippen molar-refractivity contribution in [2.24, 2.45) is 16.5 Å². The minimum absolute atomic E-state index is 0.0448. The smallest absolute Gasteiger partial charge is 0.246 e. The maximum absolute atomic E-state index is 14.4. The van der Waals surface area contributed by atoms with Crippen molar-refractivity contribution >= 4 is 46.3 Å². The average molecular weight is 758 g/mol. The van der Waals surface area contributed by atoms with Gasteiger partial charge >= 0.3 is 0 Å². The van der Waals surface area contributed by atoms with Crippen molar-refractivity contribution < 1.29 is 29.1 Å². The van der Waals surface area contributed by atoms with Crippen molar-refractivity contribution in [1.29, 1.82) is 0 Å². The molecule has 4 atom stereocenters. The number of amides is 5. The number of carbonyl (C=O) groups is 5. The van der Waals surface area contributed by atoms with Crippen LogP contribution in [-0.4, -0.2) is 103 Å². The third-order valence-corrected chi connectivity index (χ3v) is 9.60. The van der Waals surface area contributed by atoms with Crippen LogP contribution in [0.1, 0.15) is 56.6 Å². The predicted molar refractivity (Wildman–Crippen MR) is 212 cm³/mol. The molecule has 15 heteroatoms. The topological polar surface area (TPSA) is 233 Å². The molecule has 1 aliphatic rings. The maximum atomic E-state index is 14.4. The number of benzene rings is 3. The summed E-state index contributed by atoms with van der Waals surface area (Å²) in [6.07, 6.45) is 3.88. The minimum Gasteiger partial charge on any atom is -0.508 e. The van der Waals surface area contributed by atoms with Gasteiger partial charge in [-0.25, -0.2) is 0 Å². The number of aliphatic imine (C=N–C) groups is 1. The highest BCUT2D eigenvalue weighted by Crippen LogP contribution is 2.18. The number of nitrogens with one attached hydrogen (secondary N) is 5. The number of phenolic OH excluding ortho intramolecular Hbond substituents is 1. The van der Waals surface area contributed by atoms with Crippen LogP contribution < -0.4 is 38.1 Å². The van der Waals surface area contributed by atoms with Crippen molar-refractivity contribution in [2.75, 3.05) is 33.2 Å². The molecule has 0 spiro atoms. The molecule has 0 aromatic heterocycles. The number of nitrogens with two attached hydrogens (primary N) is 2. The SMILES string of the molecule is CNCCCCCCN1C(=O)[C@@H](Cc2ccc(O)cc2)NC(=O)CNC(=O)[C@H](Cc2ccc3ccccc3c2)NC(=O)[C@H](CCCN=C(N)N)NC(=O)[C@@H]1C. The summed E-state index contributed by atoms with van der Waals surface area (Å²) in [5, 5.41) is 26.0. The van der Waals surface area contributed by atoms with Crippen LogP contribution in [0.4, 0.5) is 0 Å². The average Bonchev–Trinajstić information content (AvgIpc) is 3.17. The van der Waals surface area contributed by atoms with E-state index in [1.54, 1.807) is 19.1 Å². The van der Waals surface area contributed by atoms with E-state index in [2.05, 4.69) is 31.6 Å². The van der Waals surface area contributed by atoms with E-state index in [0.29, 0.717) is 18.4 Å². The summed E-state index contributed by atoms with van der Waals surface area (Å²) in [5.74, 6) is -3.00. The fourth-order valence-electron chi connectivity index (χ4n) is 6.53. The number of carbonyl (C=O) groups excluding carboxylic acids is 5. The van der Waals surface area contributed by atoms with Gasteiger partial charge in [-0.3, -0.25) is 29.0 Å². The number of nitrogens with zero attached hydrogens (tertiary/aromatic N) is 2. The van der Waals surface area contributed by atoms with Gasteiger partial charge in [0.05, 0.1) is 6.54 Å². The second-order valence-electron chi connectivity index (χ2n) is 13.9. The van der Waals surface area contributed by atoms with Gasteiger partial charge in [0.25, 0.3) is 0 Å². The van der Waals surface area contributed by atoms with Crippen LogP contribution in [0.25, 0.3) is 10.8 Å². The highest BCUT2D eigenvalue weighted by Gasteiger charge is 2.35. The molecule has 1 heterocycles. The number of phenols is 1. The highest BCUT2D eigenvalue weighted by molar-refractivity contribution is 5.97. The Balaban J connectivity index is 1.68. The number of hydrogen-bond donors (Lipinski definition) is 8. The molecule has 296 valence electrons. The van der Waals surface area contributed by atoms with Gasteiger partial charge in [-0.2, -0.15) is 0 Å².